The van der Waals surface area contributed by atoms with Crippen molar-refractivity contribution in [2.75, 3.05) is 19.6 Å². The third kappa shape index (κ3) is 4.31. The van der Waals surface area contributed by atoms with Crippen molar-refractivity contribution < 1.29 is 19.1 Å². The van der Waals surface area contributed by atoms with Crippen molar-refractivity contribution in [3.63, 3.8) is 0 Å². The molecule has 0 radical (unpaired) electrons. The van der Waals surface area contributed by atoms with E-state index in [9.17, 15) is 14.7 Å². The van der Waals surface area contributed by atoms with E-state index in [0.717, 1.165) is 12.8 Å². The van der Waals surface area contributed by atoms with E-state index >= 15 is 0 Å². The summed E-state index contributed by atoms with van der Waals surface area (Å²) in [6, 6.07) is 3.16. The van der Waals surface area contributed by atoms with Crippen LogP contribution in [0, 0.1) is 5.92 Å². The molecule has 1 fully saturated rings. The number of furan rings is 1. The van der Waals surface area contributed by atoms with E-state index in [1.54, 1.807) is 17.9 Å². The largest absolute Gasteiger partial charge is 0.444 e. The number of nitrogens with one attached hydrogen (secondary N) is 1. The molecule has 0 saturated carbocycles. The van der Waals surface area contributed by atoms with E-state index in [1.807, 2.05) is 0 Å². The second-order valence-electron chi connectivity index (χ2n) is 5.25. The third-order valence-electron chi connectivity index (χ3n) is 3.77. The maximum absolute atomic E-state index is 12.0. The van der Waals surface area contributed by atoms with Crippen molar-refractivity contribution in [3.05, 3.63) is 22.6 Å². The number of halogens is 1. The van der Waals surface area contributed by atoms with Gasteiger partial charge in [0.05, 0.1) is 12.6 Å². The Hall–Kier alpha value is -1.34. The van der Waals surface area contributed by atoms with Crippen LogP contribution in [0.25, 0.3) is 0 Å². The highest BCUT2D eigenvalue weighted by Gasteiger charge is 2.25. The molecule has 1 atom stereocenters. The van der Waals surface area contributed by atoms with Gasteiger partial charge in [-0.15, -0.1) is 0 Å². The number of aliphatic hydroxyl groups excluding tert-OH is 1. The van der Waals surface area contributed by atoms with Crippen molar-refractivity contribution in [2.24, 2.45) is 5.92 Å². The number of amides is 2. The SMILES string of the molecule is CC(O)C1CCN(C(=O)CNC(=O)c2ccc(Br)o2)CC1. The lowest BCUT2D eigenvalue weighted by Crippen LogP contribution is -2.45. The summed E-state index contributed by atoms with van der Waals surface area (Å²) in [5.41, 5.74) is 0. The van der Waals surface area contributed by atoms with Crippen LogP contribution < -0.4 is 5.32 Å². The summed E-state index contributed by atoms with van der Waals surface area (Å²) in [4.78, 5) is 25.5. The third-order valence-corrected chi connectivity index (χ3v) is 4.20. The number of aliphatic hydroxyl groups is 1. The summed E-state index contributed by atoms with van der Waals surface area (Å²) >= 11 is 3.12. The molecule has 0 aromatic carbocycles. The second kappa shape index (κ2) is 7.09. The lowest BCUT2D eigenvalue weighted by Gasteiger charge is -2.33. The minimum atomic E-state index is -0.409. The number of nitrogens with zero attached hydrogens (tertiary/aromatic N) is 1. The highest BCUT2D eigenvalue weighted by molar-refractivity contribution is 9.10. The van der Waals surface area contributed by atoms with Crippen LogP contribution in [0.4, 0.5) is 0 Å². The zero-order valence-corrected chi connectivity index (χ0v) is 13.4. The van der Waals surface area contributed by atoms with Gasteiger partial charge in [-0.25, -0.2) is 0 Å². The molecule has 1 saturated heterocycles. The first kappa shape index (κ1) is 16.0. The van der Waals surface area contributed by atoms with Gasteiger partial charge in [-0.2, -0.15) is 0 Å². The first-order chi connectivity index (χ1) is 9.97. The van der Waals surface area contributed by atoms with Gasteiger partial charge in [-0.3, -0.25) is 9.59 Å². The summed E-state index contributed by atoms with van der Waals surface area (Å²) in [6.07, 6.45) is 1.25. The van der Waals surface area contributed by atoms with Crippen LogP contribution >= 0.6 is 15.9 Å². The molecule has 2 rings (SSSR count). The molecule has 2 N–H and O–H groups in total. The van der Waals surface area contributed by atoms with E-state index in [4.69, 9.17) is 4.42 Å². The fraction of sp³-hybridized carbons (Fsp3) is 0.571. The number of carbonyl (C=O) groups is 2. The summed E-state index contributed by atoms with van der Waals surface area (Å²) in [6.45, 7) is 2.98. The summed E-state index contributed by atoms with van der Waals surface area (Å²) in [5.74, 6) is -0.0995. The lowest BCUT2D eigenvalue weighted by atomic mass is 9.92. The maximum Gasteiger partial charge on any atom is 0.287 e. The zero-order chi connectivity index (χ0) is 15.4. The van der Waals surface area contributed by atoms with E-state index in [1.165, 1.54) is 6.07 Å². The van der Waals surface area contributed by atoms with Gasteiger partial charge in [0.1, 0.15) is 0 Å². The van der Waals surface area contributed by atoms with Crippen LogP contribution in [0.1, 0.15) is 30.3 Å². The average molecular weight is 359 g/mol. The Morgan fingerprint density at radius 3 is 2.67 bits per heavy atom. The number of hydrogen-bond acceptors (Lipinski definition) is 4. The van der Waals surface area contributed by atoms with Crippen molar-refractivity contribution in [2.45, 2.75) is 25.9 Å². The molecule has 0 spiro atoms. The molecular formula is C14H19BrN2O4. The molecule has 1 unspecified atom stereocenters. The number of carbonyl (C=O) groups excluding carboxylic acids is 2. The van der Waals surface area contributed by atoms with Gasteiger partial charge in [0.2, 0.25) is 5.91 Å². The minimum absolute atomic E-state index is 0.0451. The first-order valence-corrected chi connectivity index (χ1v) is 7.76. The number of rotatable bonds is 4. The maximum atomic E-state index is 12.0. The van der Waals surface area contributed by atoms with Gasteiger partial charge in [0, 0.05) is 13.1 Å². The first-order valence-electron chi connectivity index (χ1n) is 6.96. The van der Waals surface area contributed by atoms with Crippen LogP contribution in [-0.2, 0) is 4.79 Å². The van der Waals surface area contributed by atoms with E-state index in [0.29, 0.717) is 17.8 Å². The predicted octanol–water partition coefficient (Wildman–Crippen LogP) is 1.39. The molecule has 6 nitrogen and oxygen atoms in total. The van der Waals surface area contributed by atoms with Gasteiger partial charge < -0.3 is 19.7 Å². The van der Waals surface area contributed by atoms with Crippen LogP contribution in [-0.4, -0.2) is 47.6 Å². The lowest BCUT2D eigenvalue weighted by molar-refractivity contribution is -0.132. The summed E-state index contributed by atoms with van der Waals surface area (Å²) < 4.78 is 5.59. The van der Waals surface area contributed by atoms with Gasteiger partial charge in [0.25, 0.3) is 5.91 Å². The van der Waals surface area contributed by atoms with Crippen molar-refractivity contribution >= 4 is 27.7 Å². The summed E-state index contributed by atoms with van der Waals surface area (Å²) in [7, 11) is 0. The van der Waals surface area contributed by atoms with Crippen molar-refractivity contribution in [3.8, 4) is 0 Å². The van der Waals surface area contributed by atoms with Crippen LogP contribution in [0.3, 0.4) is 0 Å². The Morgan fingerprint density at radius 1 is 1.48 bits per heavy atom. The van der Waals surface area contributed by atoms with Crippen molar-refractivity contribution in [1.29, 1.82) is 0 Å². The molecule has 1 aliphatic rings. The monoisotopic (exact) mass is 358 g/mol. The molecule has 21 heavy (non-hydrogen) atoms. The molecule has 2 amide bonds. The fourth-order valence-corrected chi connectivity index (χ4v) is 2.73. The normalized spacial score (nSPS) is 17.6. The smallest absolute Gasteiger partial charge is 0.287 e. The van der Waals surface area contributed by atoms with Crippen LogP contribution in [0.15, 0.2) is 21.2 Å². The Morgan fingerprint density at radius 2 is 2.14 bits per heavy atom. The van der Waals surface area contributed by atoms with Gasteiger partial charge >= 0.3 is 0 Å². The van der Waals surface area contributed by atoms with Gasteiger partial charge in [0.15, 0.2) is 10.4 Å². The van der Waals surface area contributed by atoms with Gasteiger partial charge in [-0.1, -0.05) is 0 Å². The molecule has 0 bridgehead atoms. The number of hydrogen-bond donors (Lipinski definition) is 2. The molecule has 1 aromatic rings. The van der Waals surface area contributed by atoms with E-state index in [2.05, 4.69) is 21.2 Å². The molecule has 0 aliphatic carbocycles. The van der Waals surface area contributed by atoms with E-state index in [-0.39, 0.29) is 30.2 Å². The summed E-state index contributed by atoms with van der Waals surface area (Å²) in [5, 5.41) is 12.1. The molecule has 1 aliphatic heterocycles. The number of likely N-dealkylation sites (tertiary alicyclic amines) is 1. The molecule has 2 heterocycles. The topological polar surface area (TPSA) is 82.8 Å². The second-order valence-corrected chi connectivity index (χ2v) is 6.03. The highest BCUT2D eigenvalue weighted by atomic mass is 79.9. The Kier molecular flexibility index (Phi) is 5.41. The molecular weight excluding hydrogens is 340 g/mol. The van der Waals surface area contributed by atoms with Crippen LogP contribution in [0.5, 0.6) is 0 Å². The Balaban J connectivity index is 1.76. The average Bonchev–Trinajstić information content (AvgIpc) is 2.91. The number of piperidine rings is 1. The molecule has 1 aromatic heterocycles. The zero-order valence-electron chi connectivity index (χ0n) is 11.8. The highest BCUT2D eigenvalue weighted by Crippen LogP contribution is 2.20. The molecule has 116 valence electrons. The minimum Gasteiger partial charge on any atom is -0.444 e. The van der Waals surface area contributed by atoms with Gasteiger partial charge in [-0.05, 0) is 53.7 Å². The Labute approximate surface area is 131 Å². The fourth-order valence-electron chi connectivity index (χ4n) is 2.42. The quantitative estimate of drug-likeness (QED) is 0.851. The molecule has 7 heteroatoms. The van der Waals surface area contributed by atoms with Crippen molar-refractivity contribution in [1.82, 2.24) is 10.2 Å². The van der Waals surface area contributed by atoms with E-state index < -0.39 is 5.91 Å². The Bertz CT molecular complexity index is 507. The van der Waals surface area contributed by atoms with Crippen LogP contribution in [0.2, 0.25) is 0 Å². The predicted molar refractivity (Wildman–Crippen MR) is 79.7 cm³/mol. The standard InChI is InChI=1S/C14H19BrN2O4/c1-9(18)10-4-6-17(7-5-10)13(19)8-16-14(20)11-2-3-12(15)21-11/h2-3,9-10,18H,4-8H2,1H3,(H,16,20).